The average molecular weight is 406 g/mol. The third-order valence-electron chi connectivity index (χ3n) is 3.96. The molecule has 0 spiro atoms. The van der Waals surface area contributed by atoms with Crippen molar-refractivity contribution < 1.29 is 36.7 Å². The smallest absolute Gasteiger partial charge is 0.444 e. The highest BCUT2D eigenvalue weighted by molar-refractivity contribution is 5.98. The molecule has 1 heterocycles. The van der Waals surface area contributed by atoms with Gasteiger partial charge in [-0.1, -0.05) is 18.2 Å². The van der Waals surface area contributed by atoms with Crippen molar-refractivity contribution in [3.63, 3.8) is 0 Å². The number of amides is 2. The van der Waals surface area contributed by atoms with E-state index < -0.39 is 42.5 Å². The van der Waals surface area contributed by atoms with Gasteiger partial charge in [0.2, 0.25) is 0 Å². The Labute approximate surface area is 159 Å². The maximum Gasteiger partial charge on any atom is 0.544 e. The molecule has 0 saturated carbocycles. The van der Waals surface area contributed by atoms with Crippen molar-refractivity contribution in [3.05, 3.63) is 30.3 Å². The normalized spacial score (nSPS) is 17.2. The number of piperidine rings is 1. The lowest BCUT2D eigenvalue weighted by molar-refractivity contribution is -0.328. The van der Waals surface area contributed by atoms with Gasteiger partial charge in [-0.05, 0) is 32.9 Å². The summed E-state index contributed by atoms with van der Waals surface area (Å²) in [6.07, 6.45) is -6.81. The molecule has 1 fully saturated rings. The minimum absolute atomic E-state index is 0.0802. The van der Waals surface area contributed by atoms with E-state index in [0.717, 1.165) is 0 Å². The van der Waals surface area contributed by atoms with Crippen LogP contribution in [0.15, 0.2) is 30.3 Å². The Kier molecular flexibility index (Phi) is 6.22. The lowest BCUT2D eigenvalue weighted by Gasteiger charge is -2.38. The van der Waals surface area contributed by atoms with E-state index in [-0.39, 0.29) is 23.8 Å². The molecule has 0 aromatic heterocycles. The fourth-order valence-electron chi connectivity index (χ4n) is 2.64. The van der Waals surface area contributed by atoms with Crippen LogP contribution in [0, 0.1) is 0 Å². The van der Waals surface area contributed by atoms with Crippen LogP contribution >= 0.6 is 0 Å². The van der Waals surface area contributed by atoms with E-state index in [1.54, 1.807) is 20.8 Å². The molecule has 1 aromatic rings. The van der Waals surface area contributed by atoms with Crippen LogP contribution in [-0.4, -0.2) is 47.6 Å². The third kappa shape index (κ3) is 5.82. The Bertz CT molecular complexity index is 696. The Balaban J connectivity index is 2.14. The minimum atomic E-state index is -5.18. The highest BCUT2D eigenvalue weighted by Gasteiger charge is 2.49. The molecule has 2 rings (SSSR count). The number of benzene rings is 1. The first-order valence-electron chi connectivity index (χ1n) is 8.63. The van der Waals surface area contributed by atoms with Gasteiger partial charge in [0.05, 0.1) is 5.69 Å². The number of carbonyl (C=O) groups is 2. The zero-order valence-corrected chi connectivity index (χ0v) is 15.8. The minimum Gasteiger partial charge on any atom is -0.444 e. The number of halogens is 4. The molecule has 0 unspecified atom stereocenters. The van der Waals surface area contributed by atoms with Gasteiger partial charge in [-0.25, -0.2) is 9.18 Å². The van der Waals surface area contributed by atoms with Crippen molar-refractivity contribution in [3.8, 4) is 0 Å². The highest BCUT2D eigenvalue weighted by Crippen LogP contribution is 2.33. The number of hydrogen-bond acceptors (Lipinski definition) is 4. The van der Waals surface area contributed by atoms with Crippen LogP contribution in [0.4, 0.5) is 28.0 Å². The van der Waals surface area contributed by atoms with Gasteiger partial charge >= 0.3 is 12.5 Å². The molecule has 1 aliphatic rings. The summed E-state index contributed by atoms with van der Waals surface area (Å²) in [5, 5.41) is -0.0802. The standard InChI is InChI=1S/C18H22F4N2O4/c1-16(2,3)27-15(26)23-11-9-17(19,10-12-23)14(25)24(28-18(20,21)22)13-7-5-4-6-8-13/h4-8H,9-12H2,1-3H3. The van der Waals surface area contributed by atoms with Crippen molar-refractivity contribution in [2.75, 3.05) is 18.2 Å². The molecule has 6 nitrogen and oxygen atoms in total. The quantitative estimate of drug-likeness (QED) is 0.557. The molecule has 0 aliphatic carbocycles. The number of alkyl halides is 4. The number of ether oxygens (including phenoxy) is 1. The van der Waals surface area contributed by atoms with E-state index in [1.165, 1.54) is 35.2 Å². The second-order valence-electron chi connectivity index (χ2n) is 7.40. The molecular weight excluding hydrogens is 384 g/mol. The number of carbonyl (C=O) groups excluding carboxylic acids is 2. The SMILES string of the molecule is CC(C)(C)OC(=O)N1CCC(F)(C(=O)N(OC(F)(F)F)c2ccccc2)CC1. The fraction of sp³-hybridized carbons (Fsp3) is 0.556. The van der Waals surface area contributed by atoms with Crippen LogP contribution in [0.1, 0.15) is 33.6 Å². The maximum absolute atomic E-state index is 15.2. The van der Waals surface area contributed by atoms with E-state index in [1.807, 2.05) is 0 Å². The van der Waals surface area contributed by atoms with Gasteiger partial charge in [0.1, 0.15) is 5.60 Å². The van der Waals surface area contributed by atoms with E-state index in [4.69, 9.17) is 4.74 Å². The number of hydrogen-bond donors (Lipinski definition) is 0. The summed E-state index contributed by atoms with van der Waals surface area (Å²) < 4.78 is 58.7. The fourth-order valence-corrected chi connectivity index (χ4v) is 2.64. The van der Waals surface area contributed by atoms with Crippen molar-refractivity contribution in [2.24, 2.45) is 0 Å². The van der Waals surface area contributed by atoms with Crippen molar-refractivity contribution in [1.82, 2.24) is 4.90 Å². The molecule has 156 valence electrons. The molecule has 10 heteroatoms. The van der Waals surface area contributed by atoms with Gasteiger partial charge in [0.15, 0.2) is 5.67 Å². The van der Waals surface area contributed by atoms with Gasteiger partial charge < -0.3 is 9.64 Å². The first-order chi connectivity index (χ1) is 12.8. The van der Waals surface area contributed by atoms with Crippen molar-refractivity contribution >= 4 is 17.7 Å². The molecule has 28 heavy (non-hydrogen) atoms. The Morgan fingerprint density at radius 3 is 2.07 bits per heavy atom. The monoisotopic (exact) mass is 406 g/mol. The predicted molar refractivity (Wildman–Crippen MR) is 91.9 cm³/mol. The summed E-state index contributed by atoms with van der Waals surface area (Å²) in [5.74, 6) is -1.47. The van der Waals surface area contributed by atoms with E-state index >= 15 is 4.39 Å². The molecule has 1 saturated heterocycles. The van der Waals surface area contributed by atoms with Crippen LogP contribution in [-0.2, 0) is 14.4 Å². The van der Waals surface area contributed by atoms with Crippen LogP contribution in [0.2, 0.25) is 0 Å². The molecule has 0 N–H and O–H groups in total. The van der Waals surface area contributed by atoms with Crippen molar-refractivity contribution in [2.45, 2.75) is 51.2 Å². The number of para-hydroxylation sites is 1. The number of likely N-dealkylation sites (tertiary alicyclic amines) is 1. The number of nitrogens with zero attached hydrogens (tertiary/aromatic N) is 2. The van der Waals surface area contributed by atoms with Gasteiger partial charge in [-0.3, -0.25) is 4.79 Å². The van der Waals surface area contributed by atoms with Crippen LogP contribution in [0.3, 0.4) is 0 Å². The summed E-state index contributed by atoms with van der Waals surface area (Å²) in [5.41, 5.74) is -3.61. The lowest BCUT2D eigenvalue weighted by atomic mass is 9.92. The van der Waals surface area contributed by atoms with E-state index in [2.05, 4.69) is 4.84 Å². The molecule has 1 aliphatic heterocycles. The lowest BCUT2D eigenvalue weighted by Crippen LogP contribution is -2.55. The second-order valence-corrected chi connectivity index (χ2v) is 7.40. The van der Waals surface area contributed by atoms with Gasteiger partial charge in [0, 0.05) is 25.9 Å². The van der Waals surface area contributed by atoms with E-state index in [0.29, 0.717) is 0 Å². The maximum atomic E-state index is 15.2. The number of hydroxylamine groups is 1. The third-order valence-corrected chi connectivity index (χ3v) is 3.96. The van der Waals surface area contributed by atoms with Gasteiger partial charge in [0.25, 0.3) is 5.91 Å². The van der Waals surface area contributed by atoms with Crippen LogP contribution in [0.5, 0.6) is 0 Å². The first-order valence-corrected chi connectivity index (χ1v) is 8.63. The molecule has 0 atom stereocenters. The van der Waals surface area contributed by atoms with Gasteiger partial charge in [-0.15, -0.1) is 13.2 Å². The number of rotatable bonds is 3. The van der Waals surface area contributed by atoms with Crippen LogP contribution < -0.4 is 5.06 Å². The summed E-state index contributed by atoms with van der Waals surface area (Å²) in [7, 11) is 0. The predicted octanol–water partition coefficient (Wildman–Crippen LogP) is 4.21. The molecule has 2 amide bonds. The Hall–Kier alpha value is -2.36. The zero-order chi connectivity index (χ0) is 21.2. The molecule has 0 bridgehead atoms. The largest absolute Gasteiger partial charge is 0.544 e. The summed E-state index contributed by atoms with van der Waals surface area (Å²) in [4.78, 5) is 29.6. The molecular formula is C18H22F4N2O4. The molecule has 1 aromatic carbocycles. The second kappa shape index (κ2) is 7.94. The number of anilines is 1. The first kappa shape index (κ1) is 21.9. The summed E-state index contributed by atoms with van der Waals surface area (Å²) in [6.45, 7) is 4.66. The topological polar surface area (TPSA) is 59.1 Å². The zero-order valence-electron chi connectivity index (χ0n) is 15.8. The van der Waals surface area contributed by atoms with E-state index in [9.17, 15) is 22.8 Å². The Morgan fingerprint density at radius 2 is 1.61 bits per heavy atom. The molecule has 0 radical (unpaired) electrons. The summed E-state index contributed by atoms with van der Waals surface area (Å²) >= 11 is 0. The van der Waals surface area contributed by atoms with Crippen LogP contribution in [0.25, 0.3) is 0 Å². The van der Waals surface area contributed by atoms with Crippen molar-refractivity contribution in [1.29, 1.82) is 0 Å². The average Bonchev–Trinajstić information content (AvgIpc) is 2.58. The van der Waals surface area contributed by atoms with Gasteiger partial charge in [-0.2, -0.15) is 9.90 Å². The highest BCUT2D eigenvalue weighted by atomic mass is 19.4. The summed E-state index contributed by atoms with van der Waals surface area (Å²) in [6, 6.07) is 6.71. The Morgan fingerprint density at radius 1 is 1.07 bits per heavy atom.